The van der Waals surface area contributed by atoms with E-state index in [0.29, 0.717) is 28.6 Å². The van der Waals surface area contributed by atoms with E-state index in [1.165, 1.54) is 6.08 Å². The van der Waals surface area contributed by atoms with Crippen LogP contribution in [0.25, 0.3) is 6.08 Å². The quantitative estimate of drug-likeness (QED) is 0.635. The van der Waals surface area contributed by atoms with Gasteiger partial charge >= 0.3 is 0 Å². The van der Waals surface area contributed by atoms with Crippen molar-refractivity contribution in [2.24, 2.45) is 0 Å². The van der Waals surface area contributed by atoms with Crippen LogP contribution in [0.2, 0.25) is 5.02 Å². The number of phenols is 1. The molecule has 6 heteroatoms. The third kappa shape index (κ3) is 4.28. The topological polar surface area (TPSA) is 82.3 Å². The molecule has 5 nitrogen and oxygen atoms in total. The minimum absolute atomic E-state index is 0.119. The van der Waals surface area contributed by atoms with E-state index in [0.717, 1.165) is 0 Å². The van der Waals surface area contributed by atoms with Crippen LogP contribution in [-0.4, -0.2) is 17.6 Å². The van der Waals surface area contributed by atoms with Crippen molar-refractivity contribution in [2.75, 3.05) is 11.9 Å². The highest BCUT2D eigenvalue weighted by atomic mass is 35.5. The number of carbonyl (C=O) groups excluding carboxylic acids is 1. The fraction of sp³-hybridized carbons (Fsp3) is 0.111. The summed E-state index contributed by atoms with van der Waals surface area (Å²) < 4.78 is 5.28. The molecule has 2 aromatic rings. The summed E-state index contributed by atoms with van der Waals surface area (Å²) >= 11 is 5.79. The Balaban J connectivity index is 2.26. The number of phenolic OH excluding ortho intramolecular Hbond substituents is 1. The van der Waals surface area contributed by atoms with E-state index < -0.39 is 5.91 Å². The molecule has 0 saturated carbocycles. The zero-order valence-corrected chi connectivity index (χ0v) is 13.7. The molecule has 0 unspecified atom stereocenters. The molecule has 0 aliphatic carbocycles. The van der Waals surface area contributed by atoms with Gasteiger partial charge in [-0.3, -0.25) is 4.79 Å². The van der Waals surface area contributed by atoms with E-state index in [2.05, 4.69) is 5.32 Å². The maximum absolute atomic E-state index is 12.2. The Morgan fingerprint density at radius 2 is 2.04 bits per heavy atom. The molecule has 0 atom stereocenters. The third-order valence-electron chi connectivity index (χ3n) is 3.10. The monoisotopic (exact) mass is 342 g/mol. The van der Waals surface area contributed by atoms with Gasteiger partial charge in [0.15, 0.2) is 11.5 Å². The minimum atomic E-state index is -0.582. The van der Waals surface area contributed by atoms with Gasteiger partial charge < -0.3 is 15.2 Å². The van der Waals surface area contributed by atoms with Crippen LogP contribution in [0, 0.1) is 11.3 Å². The summed E-state index contributed by atoms with van der Waals surface area (Å²) in [5.74, 6) is -0.408. The zero-order valence-electron chi connectivity index (χ0n) is 12.9. The number of hydrogen-bond acceptors (Lipinski definition) is 4. The van der Waals surface area contributed by atoms with Crippen LogP contribution in [0.1, 0.15) is 12.5 Å². The van der Waals surface area contributed by atoms with Crippen LogP contribution < -0.4 is 10.1 Å². The maximum Gasteiger partial charge on any atom is 0.266 e. The molecule has 122 valence electrons. The first-order valence-electron chi connectivity index (χ1n) is 7.18. The van der Waals surface area contributed by atoms with Crippen molar-refractivity contribution in [2.45, 2.75) is 6.92 Å². The Labute approximate surface area is 144 Å². The second-order valence-corrected chi connectivity index (χ2v) is 5.19. The summed E-state index contributed by atoms with van der Waals surface area (Å²) in [4.78, 5) is 12.2. The van der Waals surface area contributed by atoms with Gasteiger partial charge in [0.2, 0.25) is 0 Å². The number of ether oxygens (including phenoxy) is 1. The van der Waals surface area contributed by atoms with Crippen molar-refractivity contribution in [1.29, 1.82) is 5.26 Å². The molecule has 2 N–H and O–H groups in total. The number of hydrogen-bond donors (Lipinski definition) is 2. The average Bonchev–Trinajstić information content (AvgIpc) is 2.58. The van der Waals surface area contributed by atoms with Gasteiger partial charge in [-0.25, -0.2) is 0 Å². The summed E-state index contributed by atoms with van der Waals surface area (Å²) in [5.41, 5.74) is 0.690. The summed E-state index contributed by atoms with van der Waals surface area (Å²) in [6, 6.07) is 13.2. The van der Waals surface area contributed by atoms with Crippen LogP contribution in [0.5, 0.6) is 11.5 Å². The number of aromatic hydroxyl groups is 1. The van der Waals surface area contributed by atoms with Crippen molar-refractivity contribution in [3.63, 3.8) is 0 Å². The number of amides is 1. The summed E-state index contributed by atoms with van der Waals surface area (Å²) in [6.07, 6.45) is 1.31. The van der Waals surface area contributed by atoms with Crippen LogP contribution >= 0.6 is 11.6 Å². The Kier molecular flexibility index (Phi) is 5.83. The number of benzene rings is 2. The number of halogens is 1. The van der Waals surface area contributed by atoms with Crippen LogP contribution in [0.4, 0.5) is 5.69 Å². The van der Waals surface area contributed by atoms with Gasteiger partial charge in [-0.05, 0) is 43.3 Å². The first-order valence-corrected chi connectivity index (χ1v) is 7.56. The van der Waals surface area contributed by atoms with Crippen LogP contribution in [0.3, 0.4) is 0 Å². The summed E-state index contributed by atoms with van der Waals surface area (Å²) in [6.45, 7) is 2.19. The van der Waals surface area contributed by atoms with Gasteiger partial charge in [0.1, 0.15) is 11.6 Å². The van der Waals surface area contributed by atoms with Gasteiger partial charge in [-0.2, -0.15) is 5.26 Å². The second kappa shape index (κ2) is 8.04. The van der Waals surface area contributed by atoms with Gasteiger partial charge in [-0.1, -0.05) is 23.7 Å². The molecule has 0 fully saturated rings. The van der Waals surface area contributed by atoms with E-state index in [1.54, 1.807) is 49.4 Å². The lowest BCUT2D eigenvalue weighted by molar-refractivity contribution is -0.112. The molecule has 2 aromatic carbocycles. The Bertz CT molecular complexity index is 808. The maximum atomic E-state index is 12.2. The molecule has 0 bridgehead atoms. The molecule has 0 saturated heterocycles. The normalized spacial score (nSPS) is 10.8. The van der Waals surface area contributed by atoms with Crippen molar-refractivity contribution in [3.05, 3.63) is 58.6 Å². The summed E-state index contributed by atoms with van der Waals surface area (Å²) in [5, 5.41) is 22.5. The highest BCUT2D eigenvalue weighted by Gasteiger charge is 2.12. The number of anilines is 1. The Hall–Kier alpha value is -2.97. The SMILES string of the molecule is CCOc1cccc(/C=C(/C#N)C(=O)Nc2ccc(Cl)cc2)c1O. The third-order valence-corrected chi connectivity index (χ3v) is 3.35. The lowest BCUT2D eigenvalue weighted by Gasteiger charge is -2.08. The molecule has 0 aliphatic heterocycles. The number of nitrogens with one attached hydrogen (secondary N) is 1. The fourth-order valence-electron chi connectivity index (χ4n) is 1.96. The van der Waals surface area contributed by atoms with E-state index in [9.17, 15) is 15.2 Å². The second-order valence-electron chi connectivity index (χ2n) is 4.76. The molecule has 0 heterocycles. The molecule has 2 rings (SSSR count). The van der Waals surface area contributed by atoms with Gasteiger partial charge in [-0.15, -0.1) is 0 Å². The molecular weight excluding hydrogens is 328 g/mol. The van der Waals surface area contributed by atoms with Crippen LogP contribution in [0.15, 0.2) is 48.0 Å². The van der Waals surface area contributed by atoms with E-state index >= 15 is 0 Å². The number of nitriles is 1. The van der Waals surface area contributed by atoms with Crippen molar-refractivity contribution >= 4 is 29.3 Å². The van der Waals surface area contributed by atoms with E-state index in [-0.39, 0.29) is 11.3 Å². The number of rotatable bonds is 5. The van der Waals surface area contributed by atoms with Gasteiger partial charge in [0.05, 0.1) is 6.61 Å². The molecular formula is C18H15ClN2O3. The highest BCUT2D eigenvalue weighted by Crippen LogP contribution is 2.31. The van der Waals surface area contributed by atoms with Gasteiger partial charge in [0.25, 0.3) is 5.91 Å². The largest absolute Gasteiger partial charge is 0.504 e. The number of para-hydroxylation sites is 1. The first kappa shape index (κ1) is 17.4. The Morgan fingerprint density at radius 1 is 1.33 bits per heavy atom. The molecule has 0 aliphatic rings. The smallest absolute Gasteiger partial charge is 0.266 e. The molecule has 0 spiro atoms. The predicted molar refractivity (Wildman–Crippen MR) is 92.9 cm³/mol. The van der Waals surface area contributed by atoms with Crippen molar-refractivity contribution in [1.82, 2.24) is 0 Å². The highest BCUT2D eigenvalue weighted by molar-refractivity contribution is 6.30. The van der Waals surface area contributed by atoms with Crippen molar-refractivity contribution < 1.29 is 14.6 Å². The predicted octanol–water partition coefficient (Wildman–Crippen LogP) is 3.99. The molecule has 0 radical (unpaired) electrons. The Morgan fingerprint density at radius 3 is 2.67 bits per heavy atom. The lowest BCUT2D eigenvalue weighted by Crippen LogP contribution is -2.13. The average molecular weight is 343 g/mol. The minimum Gasteiger partial charge on any atom is -0.504 e. The van der Waals surface area contributed by atoms with Crippen LogP contribution in [-0.2, 0) is 4.79 Å². The van der Waals surface area contributed by atoms with E-state index in [1.807, 2.05) is 6.07 Å². The molecule has 1 amide bonds. The number of nitrogens with zero attached hydrogens (tertiary/aromatic N) is 1. The fourth-order valence-corrected chi connectivity index (χ4v) is 2.09. The molecule has 0 aromatic heterocycles. The number of carbonyl (C=O) groups is 1. The lowest BCUT2D eigenvalue weighted by atomic mass is 10.1. The van der Waals surface area contributed by atoms with Gasteiger partial charge in [0, 0.05) is 16.3 Å². The van der Waals surface area contributed by atoms with Crippen molar-refractivity contribution in [3.8, 4) is 17.6 Å². The first-order chi connectivity index (χ1) is 11.5. The zero-order chi connectivity index (χ0) is 17.5. The summed E-state index contributed by atoms with van der Waals surface area (Å²) in [7, 11) is 0. The standard InChI is InChI=1S/C18H15ClN2O3/c1-2-24-16-5-3-4-12(17(16)22)10-13(11-20)18(23)21-15-8-6-14(19)7-9-15/h3-10,22H,2H2,1H3,(H,21,23)/b13-10-. The molecule has 24 heavy (non-hydrogen) atoms. The van der Waals surface area contributed by atoms with E-state index in [4.69, 9.17) is 16.3 Å².